The molecular formula is C11H18ClN3O. The van der Waals surface area contributed by atoms with Crippen LogP contribution in [0.25, 0.3) is 0 Å². The van der Waals surface area contributed by atoms with E-state index in [1.807, 2.05) is 13.8 Å². The van der Waals surface area contributed by atoms with Crippen molar-refractivity contribution in [3.05, 3.63) is 12.4 Å². The molecule has 1 rings (SSSR count). The predicted octanol–water partition coefficient (Wildman–Crippen LogP) is 2.69. The minimum atomic E-state index is 0.0968. The van der Waals surface area contributed by atoms with Crippen molar-refractivity contribution in [2.45, 2.75) is 39.3 Å². The van der Waals surface area contributed by atoms with Crippen LogP contribution in [-0.2, 0) is 0 Å². The lowest BCUT2D eigenvalue weighted by Gasteiger charge is -2.15. The van der Waals surface area contributed by atoms with Crippen molar-refractivity contribution in [3.63, 3.8) is 0 Å². The first-order valence-electron chi connectivity index (χ1n) is 5.47. The van der Waals surface area contributed by atoms with Gasteiger partial charge in [0.15, 0.2) is 0 Å². The van der Waals surface area contributed by atoms with Crippen molar-refractivity contribution >= 4 is 17.4 Å². The van der Waals surface area contributed by atoms with Gasteiger partial charge in [-0.3, -0.25) is 4.98 Å². The first-order valence-corrected chi connectivity index (χ1v) is 6.00. The summed E-state index contributed by atoms with van der Waals surface area (Å²) < 4.78 is 5.46. The Bertz CT molecular complexity index is 316. The third-order valence-corrected chi connectivity index (χ3v) is 2.37. The quantitative estimate of drug-likeness (QED) is 0.781. The van der Waals surface area contributed by atoms with Gasteiger partial charge in [-0.05, 0) is 20.3 Å². The van der Waals surface area contributed by atoms with Crippen LogP contribution in [0, 0.1) is 0 Å². The molecule has 1 atom stereocenters. The maximum atomic E-state index is 5.80. The molecule has 1 unspecified atom stereocenters. The molecule has 0 aromatic carbocycles. The van der Waals surface area contributed by atoms with E-state index in [0.29, 0.717) is 17.6 Å². The van der Waals surface area contributed by atoms with E-state index >= 15 is 0 Å². The molecule has 0 aliphatic heterocycles. The highest BCUT2D eigenvalue weighted by molar-refractivity contribution is 6.18. The Morgan fingerprint density at radius 3 is 2.75 bits per heavy atom. The molecule has 1 aromatic heterocycles. The lowest BCUT2D eigenvalue weighted by Crippen LogP contribution is -2.21. The van der Waals surface area contributed by atoms with E-state index in [1.165, 1.54) is 0 Å². The van der Waals surface area contributed by atoms with Gasteiger partial charge in [0.05, 0.1) is 18.5 Å². The van der Waals surface area contributed by atoms with Crippen LogP contribution in [0.2, 0.25) is 0 Å². The minimum Gasteiger partial charge on any atom is -0.474 e. The molecule has 0 aliphatic carbocycles. The summed E-state index contributed by atoms with van der Waals surface area (Å²) in [6.07, 6.45) is 4.31. The van der Waals surface area contributed by atoms with Gasteiger partial charge in [-0.15, -0.1) is 11.6 Å². The number of rotatable bonds is 6. The summed E-state index contributed by atoms with van der Waals surface area (Å²) in [5.74, 6) is 1.78. The summed E-state index contributed by atoms with van der Waals surface area (Å²) >= 11 is 5.80. The number of hydrogen-bond donors (Lipinski definition) is 1. The molecule has 16 heavy (non-hydrogen) atoms. The molecule has 0 spiro atoms. The van der Waals surface area contributed by atoms with Gasteiger partial charge in [0.2, 0.25) is 5.88 Å². The van der Waals surface area contributed by atoms with Crippen molar-refractivity contribution in [2.24, 2.45) is 0 Å². The molecule has 0 amide bonds. The standard InChI is InChI=1S/C11H18ClN3O/c1-4-9(5-12)14-10-6-13-7-11(15-10)16-8(2)3/h6-9H,4-5H2,1-3H3,(H,14,15). The van der Waals surface area contributed by atoms with Crippen LogP contribution >= 0.6 is 11.6 Å². The van der Waals surface area contributed by atoms with Gasteiger partial charge in [-0.2, -0.15) is 4.98 Å². The molecular weight excluding hydrogens is 226 g/mol. The maximum absolute atomic E-state index is 5.80. The minimum absolute atomic E-state index is 0.0968. The topological polar surface area (TPSA) is 47.0 Å². The Hall–Kier alpha value is -1.03. The molecule has 0 bridgehead atoms. The second-order valence-electron chi connectivity index (χ2n) is 3.81. The lowest BCUT2D eigenvalue weighted by atomic mass is 10.2. The highest BCUT2D eigenvalue weighted by Crippen LogP contribution is 2.12. The first-order chi connectivity index (χ1) is 7.65. The third kappa shape index (κ3) is 4.23. The zero-order valence-electron chi connectivity index (χ0n) is 9.90. The van der Waals surface area contributed by atoms with Gasteiger partial charge >= 0.3 is 0 Å². The maximum Gasteiger partial charge on any atom is 0.234 e. The summed E-state index contributed by atoms with van der Waals surface area (Å²) in [6, 6.07) is 0.213. The lowest BCUT2D eigenvalue weighted by molar-refractivity contribution is 0.232. The summed E-state index contributed by atoms with van der Waals surface area (Å²) in [7, 11) is 0. The van der Waals surface area contributed by atoms with Gasteiger partial charge in [0, 0.05) is 11.9 Å². The fourth-order valence-electron chi connectivity index (χ4n) is 1.17. The van der Waals surface area contributed by atoms with Crippen LogP contribution in [0.1, 0.15) is 27.2 Å². The number of halogens is 1. The van der Waals surface area contributed by atoms with Crippen molar-refractivity contribution in [1.82, 2.24) is 9.97 Å². The molecule has 0 saturated heterocycles. The summed E-state index contributed by atoms with van der Waals surface area (Å²) in [6.45, 7) is 5.98. The fraction of sp³-hybridized carbons (Fsp3) is 0.636. The Balaban J connectivity index is 2.66. The van der Waals surface area contributed by atoms with E-state index in [-0.39, 0.29) is 12.1 Å². The molecule has 1 heterocycles. The SMILES string of the molecule is CCC(CCl)Nc1cncc(OC(C)C)n1. The summed E-state index contributed by atoms with van der Waals surface area (Å²) in [5.41, 5.74) is 0. The zero-order chi connectivity index (χ0) is 12.0. The normalized spacial score (nSPS) is 12.6. The molecule has 1 aromatic rings. The van der Waals surface area contributed by atoms with Crippen LogP contribution in [0.4, 0.5) is 5.82 Å². The number of hydrogen-bond acceptors (Lipinski definition) is 4. The first kappa shape index (κ1) is 13.0. The Morgan fingerprint density at radius 1 is 1.44 bits per heavy atom. The molecule has 0 saturated carbocycles. The van der Waals surface area contributed by atoms with Crippen LogP contribution in [0.5, 0.6) is 5.88 Å². The second kappa shape index (κ2) is 6.53. The van der Waals surface area contributed by atoms with Gasteiger partial charge in [-0.25, -0.2) is 0 Å². The molecule has 0 aliphatic rings. The highest BCUT2D eigenvalue weighted by atomic mass is 35.5. The van der Waals surface area contributed by atoms with Crippen molar-refractivity contribution in [2.75, 3.05) is 11.2 Å². The highest BCUT2D eigenvalue weighted by Gasteiger charge is 2.07. The van der Waals surface area contributed by atoms with Crippen molar-refractivity contribution in [3.8, 4) is 5.88 Å². The predicted molar refractivity (Wildman–Crippen MR) is 66.2 cm³/mol. The third-order valence-electron chi connectivity index (χ3n) is 2.00. The van der Waals surface area contributed by atoms with E-state index in [0.717, 1.165) is 6.42 Å². The molecule has 0 fully saturated rings. The van der Waals surface area contributed by atoms with Crippen LogP contribution in [-0.4, -0.2) is 28.0 Å². The largest absolute Gasteiger partial charge is 0.474 e. The molecule has 5 heteroatoms. The van der Waals surface area contributed by atoms with E-state index in [2.05, 4.69) is 22.2 Å². The number of nitrogens with zero attached hydrogens (tertiary/aromatic N) is 2. The Kier molecular flexibility index (Phi) is 5.32. The smallest absolute Gasteiger partial charge is 0.234 e. The Labute approximate surface area is 101 Å². The summed E-state index contributed by atoms with van der Waals surface area (Å²) in [5, 5.41) is 3.21. The van der Waals surface area contributed by atoms with E-state index < -0.39 is 0 Å². The number of ether oxygens (including phenoxy) is 1. The number of aromatic nitrogens is 2. The molecule has 4 nitrogen and oxygen atoms in total. The fourth-order valence-corrected chi connectivity index (χ4v) is 1.47. The molecule has 90 valence electrons. The van der Waals surface area contributed by atoms with Gasteiger partial charge in [0.25, 0.3) is 0 Å². The van der Waals surface area contributed by atoms with Gasteiger partial charge in [0.1, 0.15) is 5.82 Å². The number of alkyl halides is 1. The van der Waals surface area contributed by atoms with E-state index in [4.69, 9.17) is 16.3 Å². The second-order valence-corrected chi connectivity index (χ2v) is 4.12. The van der Waals surface area contributed by atoms with Crippen LogP contribution < -0.4 is 10.1 Å². The molecule has 1 N–H and O–H groups in total. The van der Waals surface area contributed by atoms with E-state index in [9.17, 15) is 0 Å². The Morgan fingerprint density at radius 2 is 2.19 bits per heavy atom. The average molecular weight is 244 g/mol. The van der Waals surface area contributed by atoms with E-state index in [1.54, 1.807) is 12.4 Å². The number of nitrogens with one attached hydrogen (secondary N) is 1. The van der Waals surface area contributed by atoms with Crippen molar-refractivity contribution < 1.29 is 4.74 Å². The van der Waals surface area contributed by atoms with Gasteiger partial charge in [-0.1, -0.05) is 6.92 Å². The number of anilines is 1. The van der Waals surface area contributed by atoms with Crippen LogP contribution in [0.15, 0.2) is 12.4 Å². The zero-order valence-corrected chi connectivity index (χ0v) is 10.7. The average Bonchev–Trinajstić information content (AvgIpc) is 2.25. The van der Waals surface area contributed by atoms with Crippen molar-refractivity contribution in [1.29, 1.82) is 0 Å². The van der Waals surface area contributed by atoms with Gasteiger partial charge < -0.3 is 10.1 Å². The monoisotopic (exact) mass is 243 g/mol. The van der Waals surface area contributed by atoms with Crippen LogP contribution in [0.3, 0.4) is 0 Å². The molecule has 0 radical (unpaired) electrons. The summed E-state index contributed by atoms with van der Waals surface area (Å²) in [4.78, 5) is 8.36.